The molecule has 0 aromatic carbocycles. The minimum absolute atomic E-state index is 1.84. The van der Waals surface area contributed by atoms with Gasteiger partial charge in [0, 0.05) is 0 Å². The maximum Gasteiger partial charge on any atom is 0.547 e. The summed E-state index contributed by atoms with van der Waals surface area (Å²) in [5.41, 5.74) is 0. The smallest absolute Gasteiger partial charge is 0.447 e. The minimum Gasteiger partial charge on any atom is -0.447 e. The second-order valence-corrected chi connectivity index (χ2v) is 2.39. The number of carboxylic acid groups (broad SMARTS) is 2. The Bertz CT molecular complexity index is 312. The fourth-order valence-electron chi connectivity index (χ4n) is 0.510. The van der Waals surface area contributed by atoms with Gasteiger partial charge in [0.2, 0.25) is 0 Å². The highest BCUT2D eigenvalue weighted by Crippen LogP contribution is 2.01. The first-order chi connectivity index (χ1) is 8.25. The summed E-state index contributed by atoms with van der Waals surface area (Å²) in [5, 5.41) is 33.7. The number of aliphatic hydroxyl groups is 2. The van der Waals surface area contributed by atoms with Crippen LogP contribution in [0.3, 0.4) is 0 Å². The van der Waals surface area contributed by atoms with E-state index in [1.165, 1.54) is 0 Å². The van der Waals surface area contributed by atoms with E-state index in [4.69, 9.17) is 20.4 Å². The lowest BCUT2D eigenvalue weighted by molar-refractivity contribution is -0.262. The van der Waals surface area contributed by atoms with Gasteiger partial charge in [0.05, 0.1) is 0 Å². The van der Waals surface area contributed by atoms with Gasteiger partial charge in [0.25, 0.3) is 0 Å². The van der Waals surface area contributed by atoms with E-state index in [2.05, 4.69) is 19.6 Å². The maximum atomic E-state index is 10.7. The van der Waals surface area contributed by atoms with Crippen LogP contribution in [0.15, 0.2) is 0 Å². The molecule has 18 heavy (non-hydrogen) atoms. The Morgan fingerprint density at radius 2 is 0.944 bits per heavy atom. The van der Waals surface area contributed by atoms with E-state index in [0.717, 1.165) is 0 Å². The molecule has 12 heteroatoms. The third-order valence-electron chi connectivity index (χ3n) is 1.17. The number of aliphatic hydroxyl groups excluding tert-OH is 2. The molecule has 0 bridgehead atoms. The maximum absolute atomic E-state index is 10.7. The van der Waals surface area contributed by atoms with Crippen molar-refractivity contribution in [2.75, 3.05) is 0 Å². The van der Waals surface area contributed by atoms with E-state index in [0.29, 0.717) is 0 Å². The van der Waals surface area contributed by atoms with Crippen molar-refractivity contribution in [3.8, 4) is 0 Å². The Morgan fingerprint density at radius 3 is 1.17 bits per heavy atom. The van der Waals surface area contributed by atoms with Gasteiger partial charge >= 0.3 is 24.2 Å². The topological polar surface area (TPSA) is 186 Å². The van der Waals surface area contributed by atoms with E-state index in [-0.39, 0.29) is 0 Å². The predicted molar refractivity (Wildman–Crippen MR) is 42.4 cm³/mol. The van der Waals surface area contributed by atoms with Crippen molar-refractivity contribution < 1.29 is 59.2 Å². The molecule has 0 radical (unpaired) electrons. The number of carbonyl (C=O) groups excluding carboxylic acids is 2. The van der Waals surface area contributed by atoms with Crippen molar-refractivity contribution in [3.05, 3.63) is 0 Å². The van der Waals surface area contributed by atoms with Crippen molar-refractivity contribution >= 4 is 24.2 Å². The van der Waals surface area contributed by atoms with E-state index < -0.39 is 36.5 Å². The second kappa shape index (κ2) is 6.87. The van der Waals surface area contributed by atoms with E-state index >= 15 is 0 Å². The van der Waals surface area contributed by atoms with Crippen LogP contribution in [0.1, 0.15) is 0 Å². The van der Waals surface area contributed by atoms with Crippen LogP contribution in [-0.4, -0.2) is 56.9 Å². The summed E-state index contributed by atoms with van der Waals surface area (Å²) in [7, 11) is 0. The molecule has 0 rings (SSSR count). The SMILES string of the molecule is O=C(O)OOC(=O)C(O)C(O)C(=O)OOC(=O)O. The van der Waals surface area contributed by atoms with Gasteiger partial charge in [-0.2, -0.15) is 0 Å². The van der Waals surface area contributed by atoms with Crippen LogP contribution in [0.2, 0.25) is 0 Å². The molecule has 2 unspecified atom stereocenters. The lowest BCUT2D eigenvalue weighted by Gasteiger charge is -2.12. The first kappa shape index (κ1) is 15.4. The third-order valence-corrected chi connectivity index (χ3v) is 1.17. The molecule has 0 saturated heterocycles. The molecule has 0 spiro atoms. The molecule has 102 valence electrons. The number of carbonyl (C=O) groups is 4. The lowest BCUT2D eigenvalue weighted by atomic mass is 10.2. The van der Waals surface area contributed by atoms with Crippen molar-refractivity contribution in [3.63, 3.8) is 0 Å². The molecule has 0 aliphatic rings. The van der Waals surface area contributed by atoms with E-state index in [1.54, 1.807) is 0 Å². The average Bonchev–Trinajstić information content (AvgIpc) is 2.30. The summed E-state index contributed by atoms with van der Waals surface area (Å²) >= 11 is 0. The fourth-order valence-corrected chi connectivity index (χ4v) is 0.510. The number of hydrogen-bond donors (Lipinski definition) is 4. The Hall–Kier alpha value is -2.60. The van der Waals surface area contributed by atoms with Gasteiger partial charge in [-0.15, -0.1) is 0 Å². The van der Waals surface area contributed by atoms with Gasteiger partial charge in [0.1, 0.15) is 0 Å². The van der Waals surface area contributed by atoms with Crippen LogP contribution in [0, 0.1) is 0 Å². The highest BCUT2D eigenvalue weighted by atomic mass is 17.2. The number of hydrogen-bond acceptors (Lipinski definition) is 10. The van der Waals surface area contributed by atoms with Crippen LogP contribution < -0.4 is 0 Å². The molecule has 0 amide bonds. The molecule has 0 fully saturated rings. The summed E-state index contributed by atoms with van der Waals surface area (Å²) in [5.74, 6) is -3.67. The van der Waals surface area contributed by atoms with Gasteiger partial charge in [-0.3, -0.25) is 0 Å². The van der Waals surface area contributed by atoms with Crippen LogP contribution in [-0.2, 0) is 29.1 Å². The molecular formula is C6H6O12. The van der Waals surface area contributed by atoms with Crippen molar-refractivity contribution in [1.29, 1.82) is 0 Å². The highest BCUT2D eigenvalue weighted by Gasteiger charge is 2.35. The first-order valence-electron chi connectivity index (χ1n) is 3.84. The van der Waals surface area contributed by atoms with Crippen LogP contribution in [0.4, 0.5) is 9.59 Å². The Labute approximate surface area is 96.7 Å². The number of rotatable bonds is 3. The summed E-state index contributed by atoms with van der Waals surface area (Å²) in [6, 6.07) is 0. The zero-order valence-electron chi connectivity index (χ0n) is 8.21. The third kappa shape index (κ3) is 5.47. The zero-order chi connectivity index (χ0) is 14.3. The van der Waals surface area contributed by atoms with Gasteiger partial charge in [-0.05, 0) is 0 Å². The molecule has 0 heterocycles. The summed E-state index contributed by atoms with van der Waals surface area (Å²) in [6.45, 7) is 0. The molecule has 4 N–H and O–H groups in total. The van der Waals surface area contributed by atoms with E-state index in [9.17, 15) is 19.2 Å². The molecular weight excluding hydrogens is 264 g/mol. The molecule has 0 saturated carbocycles. The van der Waals surface area contributed by atoms with Gasteiger partial charge in [0.15, 0.2) is 12.2 Å². The van der Waals surface area contributed by atoms with Crippen LogP contribution >= 0.6 is 0 Å². The Morgan fingerprint density at radius 1 is 0.667 bits per heavy atom. The molecule has 0 aromatic rings. The molecule has 0 aliphatic heterocycles. The molecule has 0 aromatic heterocycles. The zero-order valence-corrected chi connectivity index (χ0v) is 8.21. The first-order valence-corrected chi connectivity index (χ1v) is 3.84. The molecule has 2 atom stereocenters. The van der Waals surface area contributed by atoms with E-state index in [1.807, 2.05) is 0 Å². The minimum atomic E-state index is -2.57. The van der Waals surface area contributed by atoms with Crippen molar-refractivity contribution in [2.45, 2.75) is 12.2 Å². The van der Waals surface area contributed by atoms with Crippen molar-refractivity contribution in [2.24, 2.45) is 0 Å². The van der Waals surface area contributed by atoms with Gasteiger partial charge < -0.3 is 20.4 Å². The molecule has 0 aliphatic carbocycles. The average molecular weight is 270 g/mol. The second-order valence-electron chi connectivity index (χ2n) is 2.39. The van der Waals surface area contributed by atoms with Gasteiger partial charge in [-0.1, -0.05) is 0 Å². The fraction of sp³-hybridized carbons (Fsp3) is 0.333. The lowest BCUT2D eigenvalue weighted by Crippen LogP contribution is -2.42. The van der Waals surface area contributed by atoms with Crippen LogP contribution in [0.5, 0.6) is 0 Å². The summed E-state index contributed by atoms with van der Waals surface area (Å²) < 4.78 is 0. The van der Waals surface area contributed by atoms with Crippen molar-refractivity contribution in [1.82, 2.24) is 0 Å². The largest absolute Gasteiger partial charge is 0.547 e. The summed E-state index contributed by atoms with van der Waals surface area (Å²) in [6.07, 6.45) is -9.20. The van der Waals surface area contributed by atoms with Gasteiger partial charge in [-0.25, -0.2) is 38.7 Å². The van der Waals surface area contributed by atoms with Crippen LogP contribution in [0.25, 0.3) is 0 Å². The quantitative estimate of drug-likeness (QED) is 0.327. The Balaban J connectivity index is 4.26. The Kier molecular flexibility index (Phi) is 5.88. The normalized spacial score (nSPS) is 12.8. The molecule has 12 nitrogen and oxygen atoms in total. The highest BCUT2D eigenvalue weighted by molar-refractivity contribution is 5.85. The summed E-state index contributed by atoms with van der Waals surface area (Å²) in [4.78, 5) is 54.5. The predicted octanol–water partition coefficient (Wildman–Crippen LogP) is -1.99. The monoisotopic (exact) mass is 270 g/mol. The standard InChI is InChI=1S/C6H6O12/c7-1(3(9)15-17-5(11)12)2(8)4(10)16-18-6(13)14/h1-2,7-8H,(H,11,12)(H,13,14).